The number of alkyl halides is 3. The molecule has 6 nitrogen and oxygen atoms in total. The summed E-state index contributed by atoms with van der Waals surface area (Å²) in [5.74, 6) is -0.556. The van der Waals surface area contributed by atoms with Crippen LogP contribution in [0.1, 0.15) is 55.1 Å². The van der Waals surface area contributed by atoms with Gasteiger partial charge in [0.25, 0.3) is 5.91 Å². The Morgan fingerprint density at radius 1 is 1.17 bits per heavy atom. The number of carbonyl (C=O) groups excluding carboxylic acids is 2. The summed E-state index contributed by atoms with van der Waals surface area (Å²) in [5, 5.41) is 2.42. The van der Waals surface area contributed by atoms with Crippen molar-refractivity contribution in [1.29, 1.82) is 0 Å². The van der Waals surface area contributed by atoms with Gasteiger partial charge in [0.2, 0.25) is 0 Å². The third-order valence-corrected chi connectivity index (χ3v) is 4.51. The average molecular weight is 421 g/mol. The number of rotatable bonds is 2. The lowest BCUT2D eigenvalue weighted by Gasteiger charge is -2.25. The molecule has 1 aromatic carbocycles. The average Bonchev–Trinajstić information content (AvgIpc) is 2.96. The van der Waals surface area contributed by atoms with Crippen LogP contribution in [0.5, 0.6) is 0 Å². The number of fused-ring (bicyclic) bond motifs is 1. The Kier molecular flexibility index (Phi) is 5.49. The van der Waals surface area contributed by atoms with Crippen LogP contribution in [0.2, 0.25) is 0 Å². The molecule has 2 aromatic rings. The highest BCUT2D eigenvalue weighted by Gasteiger charge is 2.34. The van der Waals surface area contributed by atoms with Gasteiger partial charge in [0, 0.05) is 24.2 Å². The van der Waals surface area contributed by atoms with E-state index in [-0.39, 0.29) is 17.2 Å². The first-order valence-electron chi connectivity index (χ1n) is 9.33. The highest BCUT2D eigenvalue weighted by Crippen LogP contribution is 2.37. The molecule has 30 heavy (non-hydrogen) atoms. The topological polar surface area (TPSA) is 71.5 Å². The van der Waals surface area contributed by atoms with Crippen molar-refractivity contribution in [3.63, 3.8) is 0 Å². The quantitative estimate of drug-likeness (QED) is 0.723. The Morgan fingerprint density at radius 2 is 1.87 bits per heavy atom. The van der Waals surface area contributed by atoms with Crippen molar-refractivity contribution in [2.45, 2.75) is 45.4 Å². The second kappa shape index (κ2) is 7.62. The highest BCUT2D eigenvalue weighted by atomic mass is 19.4. The minimum absolute atomic E-state index is 0.0531. The van der Waals surface area contributed by atoms with E-state index in [4.69, 9.17) is 4.74 Å². The fourth-order valence-electron chi connectivity index (χ4n) is 3.16. The normalized spacial score (nSPS) is 16.2. The van der Waals surface area contributed by atoms with E-state index in [1.807, 2.05) is 6.92 Å². The molecule has 9 heteroatoms. The lowest BCUT2D eigenvalue weighted by Crippen LogP contribution is -2.36. The predicted molar refractivity (Wildman–Crippen MR) is 106 cm³/mol. The molecule has 0 saturated heterocycles. The Labute approximate surface area is 172 Å². The monoisotopic (exact) mass is 421 g/mol. The van der Waals surface area contributed by atoms with Crippen LogP contribution in [0.25, 0.3) is 0 Å². The van der Waals surface area contributed by atoms with Gasteiger partial charge < -0.3 is 10.1 Å². The first-order chi connectivity index (χ1) is 13.8. The maximum Gasteiger partial charge on any atom is 0.417 e. The van der Waals surface area contributed by atoms with Gasteiger partial charge in [-0.15, -0.1) is 0 Å². The number of hydrogen-bond acceptors (Lipinski definition) is 4. The van der Waals surface area contributed by atoms with Crippen LogP contribution in [0.4, 0.5) is 29.3 Å². The second-order valence-electron chi connectivity index (χ2n) is 8.18. The number of halogens is 3. The van der Waals surface area contributed by atoms with Gasteiger partial charge in [-0.05, 0) is 44.5 Å². The molecule has 0 radical (unpaired) electrons. The number of nitrogens with one attached hydrogen (secondary N) is 1. The fraction of sp³-hybridized carbons (Fsp3) is 0.381. The van der Waals surface area contributed by atoms with Crippen LogP contribution in [-0.4, -0.2) is 29.1 Å². The molecule has 0 saturated carbocycles. The molecule has 1 aliphatic rings. The standard InChI is InChI=1S/C21H22F3N3O3/c1-12-11-27(19(29)30-20(2,3)4)17-7-13(5-6-16(12)17)18(28)26-15-8-14(9-25-10-15)21(22,23)24/h5-10,12H,11H2,1-4H3,(H,26,28). The van der Waals surface area contributed by atoms with Crippen LogP contribution in [0.15, 0.2) is 36.7 Å². The number of aromatic nitrogens is 1. The number of pyridine rings is 1. The van der Waals surface area contributed by atoms with Crippen molar-refractivity contribution in [3.05, 3.63) is 53.3 Å². The zero-order valence-corrected chi connectivity index (χ0v) is 17.0. The lowest BCUT2D eigenvalue weighted by atomic mass is 10.0. The second-order valence-corrected chi connectivity index (χ2v) is 8.18. The summed E-state index contributed by atoms with van der Waals surface area (Å²) in [6.45, 7) is 7.65. The minimum Gasteiger partial charge on any atom is -0.443 e. The molecule has 160 valence electrons. The third kappa shape index (κ3) is 4.72. The lowest BCUT2D eigenvalue weighted by molar-refractivity contribution is -0.137. The van der Waals surface area contributed by atoms with Crippen molar-refractivity contribution in [3.8, 4) is 0 Å². The first-order valence-corrected chi connectivity index (χ1v) is 9.33. The van der Waals surface area contributed by atoms with Crippen molar-refractivity contribution in [2.75, 3.05) is 16.8 Å². The molecule has 0 aliphatic carbocycles. The number of nitrogens with zero attached hydrogens (tertiary/aromatic N) is 2. The predicted octanol–water partition coefficient (Wildman–Crippen LogP) is 5.21. The smallest absolute Gasteiger partial charge is 0.417 e. The van der Waals surface area contributed by atoms with Gasteiger partial charge in [-0.2, -0.15) is 13.2 Å². The molecular weight excluding hydrogens is 399 g/mol. The van der Waals surface area contributed by atoms with E-state index in [0.717, 1.165) is 17.8 Å². The summed E-state index contributed by atoms with van der Waals surface area (Å²) in [6.07, 6.45) is -3.26. The van der Waals surface area contributed by atoms with Crippen molar-refractivity contribution in [1.82, 2.24) is 4.98 Å². The van der Waals surface area contributed by atoms with Crippen LogP contribution in [0.3, 0.4) is 0 Å². The summed E-state index contributed by atoms with van der Waals surface area (Å²) < 4.78 is 44.0. The Hall–Kier alpha value is -3.10. The summed E-state index contributed by atoms with van der Waals surface area (Å²) >= 11 is 0. The molecule has 1 aliphatic heterocycles. The van der Waals surface area contributed by atoms with E-state index in [0.29, 0.717) is 18.4 Å². The van der Waals surface area contributed by atoms with Gasteiger partial charge in [0.15, 0.2) is 0 Å². The van der Waals surface area contributed by atoms with Gasteiger partial charge in [-0.1, -0.05) is 13.0 Å². The van der Waals surface area contributed by atoms with Gasteiger partial charge in [-0.25, -0.2) is 4.79 Å². The molecule has 1 aromatic heterocycles. The van der Waals surface area contributed by atoms with Crippen molar-refractivity contribution < 1.29 is 27.5 Å². The Balaban J connectivity index is 1.84. The van der Waals surface area contributed by atoms with Gasteiger partial charge >= 0.3 is 12.3 Å². The van der Waals surface area contributed by atoms with Crippen LogP contribution in [0, 0.1) is 0 Å². The molecule has 0 spiro atoms. The summed E-state index contributed by atoms with van der Waals surface area (Å²) in [6, 6.07) is 5.67. The molecular formula is C21H22F3N3O3. The van der Waals surface area contributed by atoms with Crippen LogP contribution < -0.4 is 10.2 Å². The van der Waals surface area contributed by atoms with Gasteiger partial charge in [0.1, 0.15) is 5.60 Å². The Bertz CT molecular complexity index is 983. The number of anilines is 2. The van der Waals surface area contributed by atoms with Crippen molar-refractivity contribution in [2.24, 2.45) is 0 Å². The summed E-state index contributed by atoms with van der Waals surface area (Å²) in [5.41, 5.74) is -0.0698. The van der Waals surface area contributed by atoms with Crippen molar-refractivity contribution >= 4 is 23.4 Å². The number of ether oxygens (including phenoxy) is 1. The first kappa shape index (κ1) is 21.6. The SMILES string of the molecule is CC1CN(C(=O)OC(C)(C)C)c2cc(C(=O)Nc3cncc(C(F)(F)F)c3)ccc21. The Morgan fingerprint density at radius 3 is 2.50 bits per heavy atom. The number of amides is 2. The molecule has 2 amide bonds. The van der Waals surface area contributed by atoms with E-state index in [1.165, 1.54) is 4.90 Å². The maximum absolute atomic E-state index is 12.8. The van der Waals surface area contributed by atoms with E-state index in [2.05, 4.69) is 10.3 Å². The van der Waals surface area contributed by atoms with E-state index < -0.39 is 29.3 Å². The molecule has 0 fully saturated rings. The zero-order valence-electron chi connectivity index (χ0n) is 17.0. The molecule has 1 unspecified atom stereocenters. The minimum atomic E-state index is -4.56. The van der Waals surface area contributed by atoms with E-state index in [9.17, 15) is 22.8 Å². The largest absolute Gasteiger partial charge is 0.443 e. The van der Waals surface area contributed by atoms with E-state index in [1.54, 1.807) is 39.0 Å². The third-order valence-electron chi connectivity index (χ3n) is 4.51. The maximum atomic E-state index is 12.8. The number of hydrogen-bond donors (Lipinski definition) is 1. The summed E-state index contributed by atoms with van der Waals surface area (Å²) in [7, 11) is 0. The van der Waals surface area contributed by atoms with Gasteiger partial charge in [0.05, 0.1) is 23.1 Å². The molecule has 3 rings (SSSR count). The molecule has 1 N–H and O–H groups in total. The molecule has 2 heterocycles. The fourth-order valence-corrected chi connectivity index (χ4v) is 3.16. The number of carbonyl (C=O) groups is 2. The van der Waals surface area contributed by atoms with Crippen LogP contribution >= 0.6 is 0 Å². The summed E-state index contributed by atoms with van der Waals surface area (Å²) in [4.78, 5) is 30.2. The van der Waals surface area contributed by atoms with Gasteiger partial charge in [-0.3, -0.25) is 14.7 Å². The van der Waals surface area contributed by atoms with Crippen LogP contribution in [-0.2, 0) is 10.9 Å². The van der Waals surface area contributed by atoms with E-state index >= 15 is 0 Å². The highest BCUT2D eigenvalue weighted by molar-refractivity contribution is 6.05. The zero-order chi connectivity index (χ0) is 22.3. The molecule has 1 atom stereocenters. The number of benzene rings is 1. The molecule has 0 bridgehead atoms.